The molecule has 2 unspecified atom stereocenters. The lowest BCUT2D eigenvalue weighted by Crippen LogP contribution is -2.28. The predicted molar refractivity (Wildman–Crippen MR) is 123 cm³/mol. The summed E-state index contributed by atoms with van der Waals surface area (Å²) < 4.78 is 12.1. The number of ether oxygens (including phenoxy) is 2. The van der Waals surface area contributed by atoms with Crippen LogP contribution in [0.5, 0.6) is 5.75 Å². The topological polar surface area (TPSA) is 42.0 Å². The van der Waals surface area contributed by atoms with Crippen molar-refractivity contribution in [2.75, 3.05) is 38.2 Å². The molecule has 2 aromatic rings. The number of hydrogen-bond donors (Lipinski definition) is 0. The number of methoxy groups -OCH3 is 1. The lowest BCUT2D eigenvalue weighted by atomic mass is 9.98. The maximum Gasteiger partial charge on any atom is 0.414 e. The minimum Gasteiger partial charge on any atom is -0.497 e. The van der Waals surface area contributed by atoms with E-state index in [4.69, 9.17) is 21.1 Å². The first-order valence-electron chi connectivity index (χ1n) is 10.3. The van der Waals surface area contributed by atoms with Crippen molar-refractivity contribution in [3.8, 4) is 5.75 Å². The Kier molecular flexibility index (Phi) is 6.86. The fraction of sp³-hybridized carbons (Fsp3) is 0.435. The molecule has 7 heteroatoms. The summed E-state index contributed by atoms with van der Waals surface area (Å²) in [6.45, 7) is 3.70. The van der Waals surface area contributed by atoms with E-state index in [9.17, 15) is 4.79 Å². The van der Waals surface area contributed by atoms with Crippen molar-refractivity contribution in [2.45, 2.75) is 25.4 Å². The summed E-state index contributed by atoms with van der Waals surface area (Å²) in [5.74, 6) is 1.53. The third kappa shape index (κ3) is 5.10. The van der Waals surface area contributed by atoms with Gasteiger partial charge < -0.3 is 14.4 Å². The molecule has 0 N–H and O–H groups in total. The number of rotatable bonds is 7. The molecule has 0 bridgehead atoms. The van der Waals surface area contributed by atoms with E-state index in [1.807, 2.05) is 18.2 Å². The molecule has 0 spiro atoms. The van der Waals surface area contributed by atoms with Crippen molar-refractivity contribution in [2.24, 2.45) is 5.92 Å². The summed E-state index contributed by atoms with van der Waals surface area (Å²) in [5, 5.41) is 0.660. The van der Waals surface area contributed by atoms with Crippen LogP contribution in [-0.2, 0) is 11.2 Å². The fourth-order valence-electron chi connectivity index (χ4n) is 4.26. The number of nitrogens with zero attached hydrogens (tertiary/aromatic N) is 2. The second kappa shape index (κ2) is 9.58. The number of anilines is 1. The largest absolute Gasteiger partial charge is 0.497 e. The van der Waals surface area contributed by atoms with Gasteiger partial charge in [0, 0.05) is 28.3 Å². The zero-order valence-electron chi connectivity index (χ0n) is 17.0. The van der Waals surface area contributed by atoms with Gasteiger partial charge in [-0.2, -0.15) is 0 Å². The standard InChI is InChI=1S/C23H26BrClN2O3/c1-29-20-6-7-22(24)17(13-20)12-16-8-10-26(14-16)11-9-21-15-27(23(28)30-21)19-4-2-18(25)3-5-19/h2-7,13,16,21H,8-12,14-15H2,1H3. The van der Waals surface area contributed by atoms with Gasteiger partial charge in [-0.25, -0.2) is 4.79 Å². The molecule has 0 saturated carbocycles. The molecule has 2 aliphatic heterocycles. The first-order valence-corrected chi connectivity index (χ1v) is 11.5. The van der Waals surface area contributed by atoms with Gasteiger partial charge in [0.05, 0.1) is 13.7 Å². The molecule has 2 heterocycles. The Hall–Kier alpha value is -1.76. The van der Waals surface area contributed by atoms with E-state index in [1.54, 1.807) is 24.1 Å². The molecular weight excluding hydrogens is 468 g/mol. The van der Waals surface area contributed by atoms with Crippen molar-refractivity contribution < 1.29 is 14.3 Å². The average molecular weight is 494 g/mol. The highest BCUT2D eigenvalue weighted by Gasteiger charge is 2.33. The van der Waals surface area contributed by atoms with Crippen LogP contribution in [0, 0.1) is 5.92 Å². The van der Waals surface area contributed by atoms with E-state index in [0.717, 1.165) is 48.4 Å². The molecule has 1 amide bonds. The van der Waals surface area contributed by atoms with Gasteiger partial charge in [-0.05, 0) is 79.8 Å². The van der Waals surface area contributed by atoms with E-state index < -0.39 is 0 Å². The Morgan fingerprint density at radius 2 is 2.00 bits per heavy atom. The number of carbonyl (C=O) groups excluding carboxylic acids is 1. The summed E-state index contributed by atoms with van der Waals surface area (Å²) in [4.78, 5) is 16.4. The molecule has 2 saturated heterocycles. The minimum absolute atomic E-state index is 0.0697. The summed E-state index contributed by atoms with van der Waals surface area (Å²) >= 11 is 9.61. The smallest absolute Gasteiger partial charge is 0.414 e. The molecule has 0 aromatic heterocycles. The molecule has 30 heavy (non-hydrogen) atoms. The highest BCUT2D eigenvalue weighted by Crippen LogP contribution is 2.29. The van der Waals surface area contributed by atoms with Crippen LogP contribution < -0.4 is 9.64 Å². The van der Waals surface area contributed by atoms with Crippen LogP contribution in [0.4, 0.5) is 10.5 Å². The minimum atomic E-state index is -0.274. The third-order valence-electron chi connectivity index (χ3n) is 5.91. The fourth-order valence-corrected chi connectivity index (χ4v) is 4.79. The van der Waals surface area contributed by atoms with Gasteiger partial charge in [0.25, 0.3) is 0 Å². The number of halogens is 2. The maximum atomic E-state index is 12.2. The van der Waals surface area contributed by atoms with Gasteiger partial charge in [0.15, 0.2) is 0 Å². The molecule has 0 aliphatic carbocycles. The monoisotopic (exact) mass is 492 g/mol. The van der Waals surface area contributed by atoms with Crippen molar-refractivity contribution in [1.29, 1.82) is 0 Å². The Balaban J connectivity index is 1.26. The molecule has 2 aliphatic rings. The summed E-state index contributed by atoms with van der Waals surface area (Å²) in [5.41, 5.74) is 2.13. The lowest BCUT2D eigenvalue weighted by molar-refractivity contribution is 0.128. The van der Waals surface area contributed by atoms with Gasteiger partial charge in [-0.1, -0.05) is 27.5 Å². The average Bonchev–Trinajstić information content (AvgIpc) is 3.35. The van der Waals surface area contributed by atoms with Crippen LogP contribution >= 0.6 is 27.5 Å². The number of hydrogen-bond acceptors (Lipinski definition) is 4. The quantitative estimate of drug-likeness (QED) is 0.518. The highest BCUT2D eigenvalue weighted by atomic mass is 79.9. The Morgan fingerprint density at radius 1 is 1.20 bits per heavy atom. The zero-order valence-corrected chi connectivity index (χ0v) is 19.4. The van der Waals surface area contributed by atoms with Crippen LogP contribution in [0.25, 0.3) is 0 Å². The summed E-state index contributed by atoms with van der Waals surface area (Å²) in [6.07, 6.45) is 2.73. The van der Waals surface area contributed by atoms with Crippen molar-refractivity contribution in [3.63, 3.8) is 0 Å². The summed E-state index contributed by atoms with van der Waals surface area (Å²) in [7, 11) is 1.70. The number of benzene rings is 2. The van der Waals surface area contributed by atoms with Crippen LogP contribution in [0.15, 0.2) is 46.9 Å². The second-order valence-electron chi connectivity index (χ2n) is 8.00. The lowest BCUT2D eigenvalue weighted by Gasteiger charge is -2.18. The second-order valence-corrected chi connectivity index (χ2v) is 9.29. The van der Waals surface area contributed by atoms with Crippen LogP contribution in [0.2, 0.25) is 5.02 Å². The van der Waals surface area contributed by atoms with Gasteiger partial charge >= 0.3 is 6.09 Å². The Morgan fingerprint density at radius 3 is 2.77 bits per heavy atom. The van der Waals surface area contributed by atoms with E-state index in [1.165, 1.54) is 12.0 Å². The van der Waals surface area contributed by atoms with Gasteiger partial charge in [-0.3, -0.25) is 4.90 Å². The van der Waals surface area contributed by atoms with Gasteiger partial charge in [0.1, 0.15) is 11.9 Å². The molecule has 2 fully saturated rings. The Labute approximate surface area is 191 Å². The zero-order chi connectivity index (χ0) is 21.1. The van der Waals surface area contributed by atoms with E-state index in [0.29, 0.717) is 17.5 Å². The number of amides is 1. The first kappa shape index (κ1) is 21.5. The molecule has 4 rings (SSSR count). The number of likely N-dealkylation sites (tertiary alicyclic amines) is 1. The molecular formula is C23H26BrClN2O3. The molecule has 0 radical (unpaired) electrons. The Bertz CT molecular complexity index is 893. The van der Waals surface area contributed by atoms with Gasteiger partial charge in [0.2, 0.25) is 0 Å². The van der Waals surface area contributed by atoms with E-state index >= 15 is 0 Å². The van der Waals surface area contributed by atoms with Crippen LogP contribution in [0.1, 0.15) is 18.4 Å². The van der Waals surface area contributed by atoms with E-state index in [-0.39, 0.29) is 12.2 Å². The summed E-state index contributed by atoms with van der Waals surface area (Å²) in [6, 6.07) is 13.5. The number of carbonyl (C=O) groups is 1. The molecule has 160 valence electrons. The van der Waals surface area contributed by atoms with Gasteiger partial charge in [-0.15, -0.1) is 0 Å². The van der Waals surface area contributed by atoms with Crippen molar-refractivity contribution in [3.05, 3.63) is 57.5 Å². The predicted octanol–water partition coefficient (Wildman–Crippen LogP) is 5.39. The molecule has 2 aromatic carbocycles. The SMILES string of the molecule is COc1ccc(Br)c(CC2CCN(CCC3CN(c4ccc(Cl)cc4)C(=O)O3)C2)c1. The van der Waals surface area contributed by atoms with Crippen LogP contribution in [-0.4, -0.2) is 50.4 Å². The number of cyclic esters (lactones) is 1. The normalized spacial score (nSPS) is 21.8. The highest BCUT2D eigenvalue weighted by molar-refractivity contribution is 9.10. The first-order chi connectivity index (χ1) is 14.5. The molecule has 5 nitrogen and oxygen atoms in total. The van der Waals surface area contributed by atoms with Crippen molar-refractivity contribution >= 4 is 39.3 Å². The maximum absolute atomic E-state index is 12.2. The van der Waals surface area contributed by atoms with Crippen LogP contribution in [0.3, 0.4) is 0 Å². The van der Waals surface area contributed by atoms with E-state index in [2.05, 4.69) is 33.0 Å². The molecule has 2 atom stereocenters. The van der Waals surface area contributed by atoms with Crippen molar-refractivity contribution in [1.82, 2.24) is 4.90 Å². The third-order valence-corrected chi connectivity index (χ3v) is 6.94.